The first-order chi connectivity index (χ1) is 10.2. The Morgan fingerprint density at radius 1 is 1.10 bits per heavy atom. The van der Waals surface area contributed by atoms with Crippen molar-refractivity contribution >= 4 is 11.8 Å². The molecule has 0 saturated heterocycles. The van der Waals surface area contributed by atoms with E-state index in [1.54, 1.807) is 30.0 Å². The number of halogens is 2. The summed E-state index contributed by atoms with van der Waals surface area (Å²) in [4.78, 5) is 0.724. The standard InChI is InChI=1S/C17H17F2NS/c1-11(12-5-2-3-7-14(12)18)20-16-9-10-21-17-13(16)6-4-8-15(17)19/h2-8,11,16,20H,9-10H2,1H3. The van der Waals surface area contributed by atoms with Gasteiger partial charge in [-0.3, -0.25) is 0 Å². The quantitative estimate of drug-likeness (QED) is 0.869. The van der Waals surface area contributed by atoms with E-state index in [1.165, 1.54) is 12.1 Å². The summed E-state index contributed by atoms with van der Waals surface area (Å²) in [5.74, 6) is 0.500. The molecule has 4 heteroatoms. The molecular weight excluding hydrogens is 288 g/mol. The fraction of sp³-hybridized carbons (Fsp3) is 0.294. The van der Waals surface area contributed by atoms with Crippen molar-refractivity contribution in [3.8, 4) is 0 Å². The number of rotatable bonds is 3. The largest absolute Gasteiger partial charge is 0.303 e. The molecule has 1 heterocycles. The number of nitrogens with one attached hydrogen (secondary N) is 1. The third kappa shape index (κ3) is 2.97. The smallest absolute Gasteiger partial charge is 0.137 e. The van der Waals surface area contributed by atoms with Gasteiger partial charge in [0.25, 0.3) is 0 Å². The number of thioether (sulfide) groups is 1. The summed E-state index contributed by atoms with van der Waals surface area (Å²) in [5, 5.41) is 3.44. The summed E-state index contributed by atoms with van der Waals surface area (Å²) in [6.45, 7) is 1.94. The zero-order valence-corrected chi connectivity index (χ0v) is 12.6. The molecule has 0 saturated carbocycles. The van der Waals surface area contributed by atoms with Crippen LogP contribution in [-0.2, 0) is 0 Å². The van der Waals surface area contributed by atoms with Gasteiger partial charge in [-0.15, -0.1) is 11.8 Å². The Morgan fingerprint density at radius 2 is 1.86 bits per heavy atom. The van der Waals surface area contributed by atoms with Crippen LogP contribution in [0.5, 0.6) is 0 Å². The topological polar surface area (TPSA) is 12.0 Å². The van der Waals surface area contributed by atoms with Crippen LogP contribution in [0.2, 0.25) is 0 Å². The zero-order valence-electron chi connectivity index (χ0n) is 11.8. The second-order valence-corrected chi connectivity index (χ2v) is 6.36. The first-order valence-corrected chi connectivity index (χ1v) is 8.07. The summed E-state index contributed by atoms with van der Waals surface area (Å²) in [5.41, 5.74) is 1.63. The molecule has 2 atom stereocenters. The second-order valence-electron chi connectivity index (χ2n) is 5.26. The molecule has 1 N–H and O–H groups in total. The summed E-state index contributed by atoms with van der Waals surface area (Å²) in [7, 11) is 0. The predicted octanol–water partition coefficient (Wildman–Crippen LogP) is 4.85. The van der Waals surface area contributed by atoms with E-state index in [0.29, 0.717) is 5.56 Å². The SMILES string of the molecule is CC(NC1CCSc2c(F)cccc21)c1ccccc1F. The van der Waals surface area contributed by atoms with Gasteiger partial charge in [-0.25, -0.2) is 8.78 Å². The van der Waals surface area contributed by atoms with Crippen LogP contribution in [0.1, 0.15) is 36.6 Å². The molecule has 1 nitrogen and oxygen atoms in total. The van der Waals surface area contributed by atoms with Gasteiger partial charge in [0.15, 0.2) is 0 Å². The lowest BCUT2D eigenvalue weighted by Crippen LogP contribution is -2.28. The van der Waals surface area contributed by atoms with Gasteiger partial charge in [-0.05, 0) is 36.8 Å². The van der Waals surface area contributed by atoms with Crippen LogP contribution in [0.15, 0.2) is 47.4 Å². The van der Waals surface area contributed by atoms with Gasteiger partial charge in [0.05, 0.1) is 0 Å². The van der Waals surface area contributed by atoms with Gasteiger partial charge < -0.3 is 5.32 Å². The van der Waals surface area contributed by atoms with E-state index in [9.17, 15) is 8.78 Å². The summed E-state index contributed by atoms with van der Waals surface area (Å²) < 4.78 is 27.7. The Morgan fingerprint density at radius 3 is 2.67 bits per heavy atom. The maximum atomic E-state index is 13.9. The molecule has 0 aromatic heterocycles. The van der Waals surface area contributed by atoms with Crippen LogP contribution >= 0.6 is 11.8 Å². The van der Waals surface area contributed by atoms with Gasteiger partial charge in [0, 0.05) is 22.5 Å². The highest BCUT2D eigenvalue weighted by Crippen LogP contribution is 2.38. The molecule has 2 unspecified atom stereocenters. The van der Waals surface area contributed by atoms with Crippen LogP contribution in [-0.4, -0.2) is 5.75 Å². The number of fused-ring (bicyclic) bond motifs is 1. The maximum absolute atomic E-state index is 13.9. The number of hydrogen-bond donors (Lipinski definition) is 1. The van der Waals surface area contributed by atoms with Gasteiger partial charge in [0.2, 0.25) is 0 Å². The van der Waals surface area contributed by atoms with Crippen molar-refractivity contribution in [3.63, 3.8) is 0 Å². The summed E-state index contributed by atoms with van der Waals surface area (Å²) in [6.07, 6.45) is 0.917. The minimum absolute atomic E-state index is 0.0616. The van der Waals surface area contributed by atoms with Gasteiger partial charge in [-0.1, -0.05) is 30.3 Å². The molecule has 21 heavy (non-hydrogen) atoms. The molecule has 110 valence electrons. The highest BCUT2D eigenvalue weighted by molar-refractivity contribution is 7.99. The Bertz CT molecular complexity index is 644. The monoisotopic (exact) mass is 305 g/mol. The molecule has 0 amide bonds. The lowest BCUT2D eigenvalue weighted by molar-refractivity contribution is 0.432. The Labute approximate surface area is 127 Å². The van der Waals surface area contributed by atoms with E-state index >= 15 is 0 Å². The highest BCUT2D eigenvalue weighted by atomic mass is 32.2. The van der Waals surface area contributed by atoms with E-state index in [0.717, 1.165) is 22.6 Å². The average molecular weight is 305 g/mol. The van der Waals surface area contributed by atoms with Crippen molar-refractivity contribution in [2.45, 2.75) is 30.3 Å². The number of benzene rings is 2. The third-order valence-electron chi connectivity index (χ3n) is 3.85. The first-order valence-electron chi connectivity index (χ1n) is 7.08. The fourth-order valence-corrected chi connectivity index (χ4v) is 3.92. The highest BCUT2D eigenvalue weighted by Gasteiger charge is 2.25. The lowest BCUT2D eigenvalue weighted by atomic mass is 10.0. The zero-order chi connectivity index (χ0) is 14.8. The maximum Gasteiger partial charge on any atom is 0.137 e. The van der Waals surface area contributed by atoms with E-state index in [4.69, 9.17) is 0 Å². The molecule has 1 aliphatic rings. The number of hydrogen-bond acceptors (Lipinski definition) is 2. The van der Waals surface area contributed by atoms with Gasteiger partial charge >= 0.3 is 0 Å². The van der Waals surface area contributed by atoms with E-state index in [2.05, 4.69) is 5.32 Å². The molecule has 2 aromatic carbocycles. The third-order valence-corrected chi connectivity index (χ3v) is 5.01. The van der Waals surface area contributed by atoms with Crippen molar-refractivity contribution in [2.75, 3.05) is 5.75 Å². The fourth-order valence-electron chi connectivity index (χ4n) is 2.78. The molecule has 1 aliphatic heterocycles. The minimum atomic E-state index is -0.206. The van der Waals surface area contributed by atoms with Crippen molar-refractivity contribution in [1.29, 1.82) is 0 Å². The molecule has 2 aromatic rings. The molecular formula is C17H17F2NS. The predicted molar refractivity (Wildman–Crippen MR) is 82.4 cm³/mol. The van der Waals surface area contributed by atoms with Crippen molar-refractivity contribution < 1.29 is 8.78 Å². The van der Waals surface area contributed by atoms with Crippen molar-refractivity contribution in [3.05, 3.63) is 65.2 Å². The van der Waals surface area contributed by atoms with Crippen LogP contribution < -0.4 is 5.32 Å². The minimum Gasteiger partial charge on any atom is -0.303 e. The molecule has 0 bridgehead atoms. The molecule has 0 radical (unpaired) electrons. The summed E-state index contributed by atoms with van der Waals surface area (Å²) in [6, 6.07) is 11.9. The molecule has 3 rings (SSSR count). The first kappa shape index (κ1) is 14.5. The Balaban J connectivity index is 1.84. The second kappa shape index (κ2) is 6.16. The van der Waals surface area contributed by atoms with E-state index in [1.807, 2.05) is 19.1 Å². The van der Waals surface area contributed by atoms with E-state index in [-0.39, 0.29) is 23.7 Å². The Hall–Kier alpha value is -1.39. The van der Waals surface area contributed by atoms with Crippen LogP contribution in [0.4, 0.5) is 8.78 Å². The average Bonchev–Trinajstić information content (AvgIpc) is 2.49. The van der Waals surface area contributed by atoms with Crippen molar-refractivity contribution in [1.82, 2.24) is 5.32 Å². The molecule has 0 fully saturated rings. The van der Waals surface area contributed by atoms with Gasteiger partial charge in [-0.2, -0.15) is 0 Å². The normalized spacial score (nSPS) is 19.1. The van der Waals surface area contributed by atoms with Crippen molar-refractivity contribution in [2.24, 2.45) is 0 Å². The Kier molecular flexibility index (Phi) is 4.27. The summed E-state index contributed by atoms with van der Waals surface area (Å²) >= 11 is 1.56. The van der Waals surface area contributed by atoms with Crippen LogP contribution in [0.25, 0.3) is 0 Å². The lowest BCUT2D eigenvalue weighted by Gasteiger charge is -2.29. The van der Waals surface area contributed by atoms with Gasteiger partial charge in [0.1, 0.15) is 11.6 Å². The molecule has 0 aliphatic carbocycles. The van der Waals surface area contributed by atoms with Crippen LogP contribution in [0, 0.1) is 11.6 Å². The van der Waals surface area contributed by atoms with Crippen LogP contribution in [0.3, 0.4) is 0 Å². The molecule has 0 spiro atoms. The van der Waals surface area contributed by atoms with E-state index < -0.39 is 0 Å².